The summed E-state index contributed by atoms with van der Waals surface area (Å²) in [7, 11) is 1.95. The SMILES string of the molecule is CNc1ccccc1-c1ccccc1.Cl. The van der Waals surface area contributed by atoms with Crippen molar-refractivity contribution in [3.63, 3.8) is 0 Å². The molecule has 0 aromatic heterocycles. The van der Waals surface area contributed by atoms with Crippen LogP contribution in [0.15, 0.2) is 54.6 Å². The van der Waals surface area contributed by atoms with Crippen LogP contribution < -0.4 is 5.32 Å². The summed E-state index contributed by atoms with van der Waals surface area (Å²) in [6.07, 6.45) is 0. The van der Waals surface area contributed by atoms with Gasteiger partial charge in [-0.3, -0.25) is 0 Å². The van der Waals surface area contributed by atoms with E-state index in [2.05, 4.69) is 47.8 Å². The summed E-state index contributed by atoms with van der Waals surface area (Å²) >= 11 is 0. The first-order valence-corrected chi connectivity index (χ1v) is 4.74. The van der Waals surface area contributed by atoms with E-state index in [4.69, 9.17) is 0 Å². The van der Waals surface area contributed by atoms with Gasteiger partial charge < -0.3 is 5.32 Å². The highest BCUT2D eigenvalue weighted by Crippen LogP contribution is 2.26. The van der Waals surface area contributed by atoms with Crippen LogP contribution in [-0.2, 0) is 0 Å². The molecule has 1 nitrogen and oxygen atoms in total. The Morgan fingerprint density at radius 3 is 2.07 bits per heavy atom. The van der Waals surface area contributed by atoms with Gasteiger partial charge in [0.1, 0.15) is 0 Å². The van der Waals surface area contributed by atoms with Crippen LogP contribution in [0.5, 0.6) is 0 Å². The molecule has 78 valence electrons. The number of rotatable bonds is 2. The van der Waals surface area contributed by atoms with Crippen LogP contribution in [0.1, 0.15) is 0 Å². The van der Waals surface area contributed by atoms with Gasteiger partial charge >= 0.3 is 0 Å². The smallest absolute Gasteiger partial charge is 0.0417 e. The molecule has 0 unspecified atom stereocenters. The van der Waals surface area contributed by atoms with Crippen LogP contribution in [-0.4, -0.2) is 7.05 Å². The maximum atomic E-state index is 3.19. The van der Waals surface area contributed by atoms with E-state index in [1.165, 1.54) is 16.8 Å². The first-order chi connectivity index (χ1) is 6.92. The number of nitrogens with one attached hydrogen (secondary N) is 1. The molecule has 0 fully saturated rings. The van der Waals surface area contributed by atoms with Gasteiger partial charge in [0.25, 0.3) is 0 Å². The lowest BCUT2D eigenvalue weighted by Crippen LogP contribution is -1.90. The lowest BCUT2D eigenvalue weighted by molar-refractivity contribution is 1.50. The molecule has 0 spiro atoms. The highest BCUT2D eigenvalue weighted by molar-refractivity contribution is 5.85. The Bertz CT molecular complexity index is 412. The Hall–Kier alpha value is -1.47. The molecule has 0 radical (unpaired) electrons. The predicted molar refractivity (Wildman–Crippen MR) is 68.7 cm³/mol. The number of anilines is 1. The first-order valence-electron chi connectivity index (χ1n) is 4.74. The zero-order valence-corrected chi connectivity index (χ0v) is 9.42. The number of hydrogen-bond acceptors (Lipinski definition) is 1. The Morgan fingerprint density at radius 1 is 0.800 bits per heavy atom. The molecule has 15 heavy (non-hydrogen) atoms. The molecule has 0 aliphatic heterocycles. The summed E-state index contributed by atoms with van der Waals surface area (Å²) in [6.45, 7) is 0. The average Bonchev–Trinajstić information content (AvgIpc) is 2.30. The van der Waals surface area contributed by atoms with Gasteiger partial charge in [0, 0.05) is 18.3 Å². The maximum absolute atomic E-state index is 3.19. The van der Waals surface area contributed by atoms with E-state index in [0.29, 0.717) is 0 Å². The molecule has 1 N–H and O–H groups in total. The molecule has 2 aromatic carbocycles. The van der Waals surface area contributed by atoms with Crippen LogP contribution in [0.25, 0.3) is 11.1 Å². The van der Waals surface area contributed by atoms with E-state index in [-0.39, 0.29) is 12.4 Å². The molecule has 0 amide bonds. The zero-order valence-electron chi connectivity index (χ0n) is 8.60. The number of halogens is 1. The Kier molecular flexibility index (Phi) is 4.19. The summed E-state index contributed by atoms with van der Waals surface area (Å²) in [5, 5.41) is 3.19. The Morgan fingerprint density at radius 2 is 1.40 bits per heavy atom. The van der Waals surface area contributed by atoms with Gasteiger partial charge in [0.05, 0.1) is 0 Å². The topological polar surface area (TPSA) is 12.0 Å². The predicted octanol–water partition coefficient (Wildman–Crippen LogP) is 3.82. The van der Waals surface area contributed by atoms with Gasteiger partial charge in [-0.25, -0.2) is 0 Å². The van der Waals surface area contributed by atoms with E-state index < -0.39 is 0 Å². The van der Waals surface area contributed by atoms with Gasteiger partial charge in [-0.05, 0) is 11.6 Å². The maximum Gasteiger partial charge on any atom is 0.0417 e. The molecular weight excluding hydrogens is 206 g/mol. The summed E-state index contributed by atoms with van der Waals surface area (Å²) in [5.41, 5.74) is 3.66. The Balaban J connectivity index is 0.00000112. The van der Waals surface area contributed by atoms with E-state index in [1.54, 1.807) is 0 Å². The van der Waals surface area contributed by atoms with Gasteiger partial charge in [0.15, 0.2) is 0 Å². The Labute approximate surface area is 96.6 Å². The van der Waals surface area contributed by atoms with Crippen LogP contribution >= 0.6 is 12.4 Å². The van der Waals surface area contributed by atoms with Crippen molar-refractivity contribution >= 4 is 18.1 Å². The lowest BCUT2D eigenvalue weighted by Gasteiger charge is -2.08. The van der Waals surface area contributed by atoms with E-state index in [0.717, 1.165) is 0 Å². The molecular formula is C13H14ClN. The minimum Gasteiger partial charge on any atom is -0.388 e. The van der Waals surface area contributed by atoms with Crippen molar-refractivity contribution in [2.24, 2.45) is 0 Å². The molecule has 0 aliphatic carbocycles. The molecule has 0 heterocycles. The van der Waals surface area contributed by atoms with Crippen molar-refractivity contribution in [3.05, 3.63) is 54.6 Å². The largest absolute Gasteiger partial charge is 0.388 e. The normalized spacial score (nSPS) is 9.13. The molecule has 2 rings (SSSR count). The van der Waals surface area contributed by atoms with Crippen LogP contribution in [0, 0.1) is 0 Å². The lowest BCUT2D eigenvalue weighted by atomic mass is 10.0. The zero-order chi connectivity index (χ0) is 9.80. The fraction of sp³-hybridized carbons (Fsp3) is 0.0769. The molecule has 2 aromatic rings. The standard InChI is InChI=1S/C13H13N.ClH/c1-14-13-10-6-5-9-12(13)11-7-3-2-4-8-11;/h2-10,14H,1H3;1H. The second-order valence-corrected chi connectivity index (χ2v) is 3.16. The van der Waals surface area contributed by atoms with E-state index in [1.807, 2.05) is 19.2 Å². The van der Waals surface area contributed by atoms with Gasteiger partial charge in [-0.15, -0.1) is 12.4 Å². The summed E-state index contributed by atoms with van der Waals surface area (Å²) < 4.78 is 0. The third-order valence-corrected chi connectivity index (χ3v) is 2.28. The molecule has 0 saturated heterocycles. The fourth-order valence-corrected chi connectivity index (χ4v) is 1.57. The minimum atomic E-state index is 0. The highest BCUT2D eigenvalue weighted by atomic mass is 35.5. The number of benzene rings is 2. The quantitative estimate of drug-likeness (QED) is 0.810. The van der Waals surface area contributed by atoms with Gasteiger partial charge in [-0.2, -0.15) is 0 Å². The van der Waals surface area contributed by atoms with Crippen molar-refractivity contribution < 1.29 is 0 Å². The van der Waals surface area contributed by atoms with E-state index >= 15 is 0 Å². The minimum absolute atomic E-state index is 0. The van der Waals surface area contributed by atoms with Gasteiger partial charge in [-0.1, -0.05) is 48.5 Å². The fourth-order valence-electron chi connectivity index (χ4n) is 1.57. The number of hydrogen-bond donors (Lipinski definition) is 1. The molecule has 0 bridgehead atoms. The average molecular weight is 220 g/mol. The molecule has 0 atom stereocenters. The molecule has 0 saturated carbocycles. The second-order valence-electron chi connectivity index (χ2n) is 3.16. The summed E-state index contributed by atoms with van der Waals surface area (Å²) in [4.78, 5) is 0. The first kappa shape index (κ1) is 11.6. The monoisotopic (exact) mass is 219 g/mol. The van der Waals surface area contributed by atoms with Crippen molar-refractivity contribution in [2.75, 3.05) is 12.4 Å². The highest BCUT2D eigenvalue weighted by Gasteiger charge is 2.00. The third kappa shape index (κ3) is 2.51. The van der Waals surface area contributed by atoms with Crippen molar-refractivity contribution in [1.82, 2.24) is 0 Å². The van der Waals surface area contributed by atoms with E-state index in [9.17, 15) is 0 Å². The molecule has 2 heteroatoms. The second kappa shape index (κ2) is 5.42. The third-order valence-electron chi connectivity index (χ3n) is 2.28. The summed E-state index contributed by atoms with van der Waals surface area (Å²) in [5.74, 6) is 0. The number of para-hydroxylation sites is 1. The van der Waals surface area contributed by atoms with Crippen LogP contribution in [0.2, 0.25) is 0 Å². The molecule has 0 aliphatic rings. The van der Waals surface area contributed by atoms with Crippen LogP contribution in [0.3, 0.4) is 0 Å². The van der Waals surface area contributed by atoms with Crippen molar-refractivity contribution in [3.8, 4) is 11.1 Å². The van der Waals surface area contributed by atoms with Gasteiger partial charge in [0.2, 0.25) is 0 Å². The van der Waals surface area contributed by atoms with Crippen LogP contribution in [0.4, 0.5) is 5.69 Å². The van der Waals surface area contributed by atoms with Crippen molar-refractivity contribution in [1.29, 1.82) is 0 Å². The van der Waals surface area contributed by atoms with Crippen molar-refractivity contribution in [2.45, 2.75) is 0 Å². The summed E-state index contributed by atoms with van der Waals surface area (Å²) in [6, 6.07) is 18.7.